The summed E-state index contributed by atoms with van der Waals surface area (Å²) >= 11 is 17.3. The first-order valence-electron chi connectivity index (χ1n) is 4.75. The van der Waals surface area contributed by atoms with Gasteiger partial charge in [0.05, 0.1) is 4.47 Å². The van der Waals surface area contributed by atoms with Crippen molar-refractivity contribution < 1.29 is 4.74 Å². The van der Waals surface area contributed by atoms with Crippen LogP contribution in [0.5, 0.6) is 11.5 Å². The number of halogens is 5. The number of hydrogen-bond donors (Lipinski definition) is 0. The number of ether oxygens (including phenoxy) is 1. The molecule has 0 aromatic heterocycles. The van der Waals surface area contributed by atoms with Gasteiger partial charge in [-0.2, -0.15) is 0 Å². The van der Waals surface area contributed by atoms with Crippen molar-refractivity contribution in [3.8, 4) is 11.5 Å². The van der Waals surface area contributed by atoms with Gasteiger partial charge >= 0.3 is 0 Å². The lowest BCUT2D eigenvalue weighted by Crippen LogP contribution is -1.87. The van der Waals surface area contributed by atoms with Crippen molar-refractivity contribution >= 4 is 79.6 Å². The van der Waals surface area contributed by atoms with Gasteiger partial charge in [-0.3, -0.25) is 0 Å². The van der Waals surface area contributed by atoms with Crippen LogP contribution in [0.15, 0.2) is 52.7 Å². The third kappa shape index (κ3) is 3.39. The molecule has 1 nitrogen and oxygen atoms in total. The van der Waals surface area contributed by atoms with E-state index in [2.05, 4.69) is 79.6 Å². The van der Waals surface area contributed by atoms with Gasteiger partial charge in [-0.15, -0.1) is 0 Å². The van der Waals surface area contributed by atoms with Crippen LogP contribution in [0, 0.1) is 0 Å². The summed E-state index contributed by atoms with van der Waals surface area (Å²) in [5.74, 6) is 1.50. The highest BCUT2D eigenvalue weighted by atomic mass is 79.9. The maximum absolute atomic E-state index is 5.85. The van der Waals surface area contributed by atoms with Crippen LogP contribution in [-0.4, -0.2) is 0 Å². The predicted octanol–water partition coefficient (Wildman–Crippen LogP) is 7.29. The van der Waals surface area contributed by atoms with E-state index in [1.807, 2.05) is 30.3 Å². The first-order valence-corrected chi connectivity index (χ1v) is 8.72. The molecule has 0 spiro atoms. The Morgan fingerprint density at radius 2 is 1.33 bits per heavy atom. The van der Waals surface area contributed by atoms with Crippen molar-refractivity contribution in [2.75, 3.05) is 0 Å². The molecule has 0 aliphatic heterocycles. The highest BCUT2D eigenvalue weighted by Crippen LogP contribution is 2.39. The monoisotopic (exact) mass is 560 g/mol. The molecule has 0 N–H and O–H groups in total. The third-order valence-electron chi connectivity index (χ3n) is 2.10. The molecule has 2 aromatic rings. The minimum atomic E-state index is 0.746. The zero-order valence-electron chi connectivity index (χ0n) is 8.68. The van der Waals surface area contributed by atoms with E-state index < -0.39 is 0 Å². The fraction of sp³-hybridized carbons (Fsp3) is 0. The molecule has 0 bridgehead atoms. The molecular weight excluding hydrogens is 560 g/mol. The summed E-state index contributed by atoms with van der Waals surface area (Å²) < 4.78 is 10.5. The molecule has 0 amide bonds. The summed E-state index contributed by atoms with van der Waals surface area (Å²) in [6, 6.07) is 9.58. The second kappa shape index (κ2) is 6.39. The van der Waals surface area contributed by atoms with Crippen molar-refractivity contribution in [3.63, 3.8) is 0 Å². The van der Waals surface area contributed by atoms with Crippen LogP contribution in [0.2, 0.25) is 0 Å². The minimum absolute atomic E-state index is 0.746. The van der Waals surface area contributed by atoms with Crippen molar-refractivity contribution in [1.29, 1.82) is 0 Å². The van der Waals surface area contributed by atoms with Crippen molar-refractivity contribution in [2.24, 2.45) is 0 Å². The maximum atomic E-state index is 5.85. The zero-order chi connectivity index (χ0) is 13.3. The largest absolute Gasteiger partial charge is 0.456 e. The molecule has 0 aliphatic rings. The minimum Gasteiger partial charge on any atom is -0.456 e. The average Bonchev–Trinajstić information content (AvgIpc) is 2.32. The second-order valence-electron chi connectivity index (χ2n) is 3.35. The summed E-state index contributed by atoms with van der Waals surface area (Å²) in [5, 5.41) is 0. The van der Waals surface area contributed by atoms with Gasteiger partial charge in [0, 0.05) is 17.9 Å². The Morgan fingerprint density at radius 3 is 1.94 bits per heavy atom. The van der Waals surface area contributed by atoms with Crippen LogP contribution >= 0.6 is 79.6 Å². The van der Waals surface area contributed by atoms with Crippen molar-refractivity contribution in [1.82, 2.24) is 0 Å². The zero-order valence-corrected chi connectivity index (χ0v) is 16.6. The van der Waals surface area contributed by atoms with E-state index in [-0.39, 0.29) is 0 Å². The molecular formula is C12H5Br5O. The Hall–Kier alpha value is 0.640. The molecule has 0 saturated carbocycles. The van der Waals surface area contributed by atoms with E-state index in [1.165, 1.54) is 0 Å². The van der Waals surface area contributed by atoms with Gasteiger partial charge in [-0.05, 0) is 104 Å². The average molecular weight is 565 g/mol. The van der Waals surface area contributed by atoms with Gasteiger partial charge in [0.2, 0.25) is 0 Å². The molecule has 0 heterocycles. The van der Waals surface area contributed by atoms with Crippen LogP contribution < -0.4 is 4.74 Å². The smallest absolute Gasteiger partial charge is 0.142 e. The first kappa shape index (κ1) is 15.0. The molecule has 2 aromatic carbocycles. The fourth-order valence-electron chi connectivity index (χ4n) is 1.28. The maximum Gasteiger partial charge on any atom is 0.142 e. The number of hydrogen-bond acceptors (Lipinski definition) is 1. The highest BCUT2D eigenvalue weighted by molar-refractivity contribution is 9.14. The molecule has 0 radical (unpaired) electrons. The molecule has 0 saturated heterocycles. The van der Waals surface area contributed by atoms with Crippen LogP contribution in [0.4, 0.5) is 0 Å². The lowest BCUT2D eigenvalue weighted by Gasteiger charge is -2.10. The Kier molecular flexibility index (Phi) is 5.34. The topological polar surface area (TPSA) is 9.23 Å². The third-order valence-corrected chi connectivity index (χ3v) is 7.28. The second-order valence-corrected chi connectivity index (χ2v) is 7.50. The quantitative estimate of drug-likeness (QED) is 0.348. The first-order chi connectivity index (χ1) is 8.49. The van der Waals surface area contributed by atoms with Gasteiger partial charge < -0.3 is 4.74 Å². The molecule has 2 rings (SSSR count). The Labute approximate surface area is 147 Å². The van der Waals surface area contributed by atoms with E-state index in [1.54, 1.807) is 0 Å². The van der Waals surface area contributed by atoms with Gasteiger partial charge in [0.15, 0.2) is 0 Å². The Bertz CT molecular complexity index is 574. The number of rotatable bonds is 2. The van der Waals surface area contributed by atoms with Crippen LogP contribution in [-0.2, 0) is 0 Å². The van der Waals surface area contributed by atoms with Crippen LogP contribution in [0.1, 0.15) is 0 Å². The van der Waals surface area contributed by atoms with E-state index in [9.17, 15) is 0 Å². The predicted molar refractivity (Wildman–Crippen MR) is 91.5 cm³/mol. The molecule has 0 aliphatic carbocycles. The van der Waals surface area contributed by atoms with E-state index in [0.717, 1.165) is 33.9 Å². The van der Waals surface area contributed by atoms with E-state index >= 15 is 0 Å². The Balaban J connectivity index is 2.37. The normalized spacial score (nSPS) is 10.5. The molecule has 94 valence electrons. The van der Waals surface area contributed by atoms with Crippen molar-refractivity contribution in [3.05, 3.63) is 52.7 Å². The van der Waals surface area contributed by atoms with Gasteiger partial charge in [0.25, 0.3) is 0 Å². The summed E-state index contributed by atoms with van der Waals surface area (Å²) in [7, 11) is 0. The summed E-state index contributed by atoms with van der Waals surface area (Å²) in [5.41, 5.74) is 0. The van der Waals surface area contributed by atoms with E-state index in [4.69, 9.17) is 4.74 Å². The fourth-order valence-corrected chi connectivity index (χ4v) is 3.35. The molecule has 18 heavy (non-hydrogen) atoms. The molecule has 6 heteroatoms. The number of benzene rings is 2. The van der Waals surface area contributed by atoms with Crippen molar-refractivity contribution in [2.45, 2.75) is 0 Å². The summed E-state index contributed by atoms with van der Waals surface area (Å²) in [4.78, 5) is 0. The van der Waals surface area contributed by atoms with Gasteiger partial charge in [-0.1, -0.05) is 6.07 Å². The Morgan fingerprint density at radius 1 is 0.722 bits per heavy atom. The van der Waals surface area contributed by atoms with E-state index in [0.29, 0.717) is 0 Å². The molecule has 0 atom stereocenters. The molecule has 0 fully saturated rings. The van der Waals surface area contributed by atoms with Crippen LogP contribution in [0.25, 0.3) is 0 Å². The summed E-state index contributed by atoms with van der Waals surface area (Å²) in [6.45, 7) is 0. The van der Waals surface area contributed by atoms with Gasteiger partial charge in [-0.25, -0.2) is 0 Å². The lowest BCUT2D eigenvalue weighted by molar-refractivity contribution is 0.478. The van der Waals surface area contributed by atoms with Gasteiger partial charge in [0.1, 0.15) is 11.5 Å². The van der Waals surface area contributed by atoms with Crippen LogP contribution in [0.3, 0.4) is 0 Å². The SMILES string of the molecule is Brc1cc(Oc2cccc(Br)c2Br)cc(Br)c1Br. The highest BCUT2D eigenvalue weighted by Gasteiger charge is 2.09. The standard InChI is InChI=1S/C12H5Br5O/c13-7-2-1-3-10(12(7)17)18-6-4-8(14)11(16)9(15)5-6/h1-5H. The summed E-state index contributed by atoms with van der Waals surface area (Å²) in [6.07, 6.45) is 0. The lowest BCUT2D eigenvalue weighted by atomic mass is 10.3. The molecule has 0 unspecified atom stereocenters.